The lowest BCUT2D eigenvalue weighted by molar-refractivity contribution is -0.141. The zero-order valence-electron chi connectivity index (χ0n) is 11.0. The third-order valence-electron chi connectivity index (χ3n) is 2.67. The van der Waals surface area contributed by atoms with E-state index in [0.29, 0.717) is 5.57 Å². The molecule has 0 radical (unpaired) electrons. The number of hydrogen-bond donors (Lipinski definition) is 0. The van der Waals surface area contributed by atoms with Crippen molar-refractivity contribution in [2.75, 3.05) is 0 Å². The molecular formula is C15H12O6. The van der Waals surface area contributed by atoms with Crippen LogP contribution in [-0.2, 0) is 28.7 Å². The second-order valence-corrected chi connectivity index (χ2v) is 4.39. The summed E-state index contributed by atoms with van der Waals surface area (Å²) in [5, 5.41) is 0. The Morgan fingerprint density at radius 3 is 2.52 bits per heavy atom. The minimum atomic E-state index is -0.771. The molecule has 1 saturated heterocycles. The summed E-state index contributed by atoms with van der Waals surface area (Å²) < 4.78 is 9.61. The van der Waals surface area contributed by atoms with Gasteiger partial charge in [0.2, 0.25) is 0 Å². The fourth-order valence-electron chi connectivity index (χ4n) is 1.73. The van der Waals surface area contributed by atoms with Crippen LogP contribution in [0.4, 0.5) is 0 Å². The van der Waals surface area contributed by atoms with Crippen LogP contribution in [0.25, 0.3) is 0 Å². The second-order valence-electron chi connectivity index (χ2n) is 4.39. The van der Waals surface area contributed by atoms with E-state index in [1.54, 1.807) is 12.2 Å². The molecule has 6 nitrogen and oxygen atoms in total. The molecular weight excluding hydrogens is 276 g/mol. The Bertz CT molecular complexity index is 618. The van der Waals surface area contributed by atoms with Crippen molar-refractivity contribution in [1.82, 2.24) is 0 Å². The van der Waals surface area contributed by atoms with Crippen molar-refractivity contribution < 1.29 is 28.7 Å². The highest BCUT2D eigenvalue weighted by Gasteiger charge is 2.25. The number of ether oxygens (including phenoxy) is 2. The zero-order chi connectivity index (χ0) is 15.2. The molecule has 0 saturated carbocycles. The van der Waals surface area contributed by atoms with E-state index in [0.717, 1.165) is 6.26 Å². The lowest BCUT2D eigenvalue weighted by Crippen LogP contribution is -2.07. The highest BCUT2D eigenvalue weighted by atomic mass is 16.6. The van der Waals surface area contributed by atoms with Crippen LogP contribution in [0.5, 0.6) is 0 Å². The van der Waals surface area contributed by atoms with Crippen LogP contribution >= 0.6 is 0 Å². The Kier molecular flexibility index (Phi) is 4.61. The smallest absolute Gasteiger partial charge is 0.318 e. The Morgan fingerprint density at radius 2 is 1.71 bits per heavy atom. The molecule has 0 aromatic heterocycles. The van der Waals surface area contributed by atoms with Crippen LogP contribution in [-0.4, -0.2) is 23.5 Å². The first-order chi connectivity index (χ1) is 10.0. The molecule has 2 aliphatic heterocycles. The average molecular weight is 288 g/mol. The number of fused-ring (bicyclic) bond motifs is 1. The number of esters is 2. The van der Waals surface area contributed by atoms with Crippen LogP contribution in [0.1, 0.15) is 19.3 Å². The third kappa shape index (κ3) is 4.38. The van der Waals surface area contributed by atoms with E-state index in [1.807, 2.05) is 0 Å². The van der Waals surface area contributed by atoms with Crippen molar-refractivity contribution in [3.8, 4) is 0 Å². The zero-order valence-corrected chi connectivity index (χ0v) is 11.0. The predicted octanol–water partition coefficient (Wildman–Crippen LogP) is 1.29. The monoisotopic (exact) mass is 288 g/mol. The third-order valence-corrected chi connectivity index (χ3v) is 2.67. The Morgan fingerprint density at radius 1 is 0.905 bits per heavy atom. The molecule has 0 aromatic carbocycles. The van der Waals surface area contributed by atoms with E-state index in [4.69, 9.17) is 9.47 Å². The lowest BCUT2D eigenvalue weighted by Gasteiger charge is -2.01. The van der Waals surface area contributed by atoms with E-state index >= 15 is 0 Å². The molecule has 2 heterocycles. The summed E-state index contributed by atoms with van der Waals surface area (Å²) in [4.78, 5) is 45.8. The molecule has 1 fully saturated rings. The summed E-state index contributed by atoms with van der Waals surface area (Å²) in [5.41, 5.74) is 0.352. The van der Waals surface area contributed by atoms with Gasteiger partial charge in [-0.25, -0.2) is 0 Å². The molecule has 2 aliphatic rings. The Labute approximate surface area is 120 Å². The van der Waals surface area contributed by atoms with E-state index in [2.05, 4.69) is 0 Å². The van der Waals surface area contributed by atoms with Crippen molar-refractivity contribution in [3.05, 3.63) is 48.0 Å². The molecule has 0 amide bonds. The van der Waals surface area contributed by atoms with Gasteiger partial charge in [-0.05, 0) is 12.2 Å². The molecule has 0 aromatic rings. The second kappa shape index (κ2) is 6.60. The van der Waals surface area contributed by atoms with E-state index in [1.165, 1.54) is 18.2 Å². The molecule has 21 heavy (non-hydrogen) atoms. The predicted molar refractivity (Wildman–Crippen MR) is 70.5 cm³/mol. The number of cyclic esters (lactones) is 1. The molecule has 0 atom stereocenters. The molecule has 0 N–H and O–H groups in total. The first-order valence-electron chi connectivity index (χ1n) is 6.25. The van der Waals surface area contributed by atoms with Crippen molar-refractivity contribution >= 4 is 23.5 Å². The van der Waals surface area contributed by atoms with Gasteiger partial charge < -0.3 is 9.47 Å². The lowest BCUT2D eigenvalue weighted by atomic mass is 10.1. The van der Waals surface area contributed by atoms with Crippen molar-refractivity contribution in [1.29, 1.82) is 0 Å². The van der Waals surface area contributed by atoms with Crippen LogP contribution in [0, 0.1) is 0 Å². The van der Waals surface area contributed by atoms with Crippen molar-refractivity contribution in [2.45, 2.75) is 19.3 Å². The van der Waals surface area contributed by atoms with Gasteiger partial charge in [0.05, 0.1) is 6.42 Å². The van der Waals surface area contributed by atoms with Crippen LogP contribution < -0.4 is 0 Å². The number of rotatable bonds is 0. The summed E-state index contributed by atoms with van der Waals surface area (Å²) in [7, 11) is 0. The van der Waals surface area contributed by atoms with E-state index in [-0.39, 0.29) is 24.4 Å². The van der Waals surface area contributed by atoms with Crippen LogP contribution in [0.15, 0.2) is 48.0 Å². The summed E-state index contributed by atoms with van der Waals surface area (Å²) in [6, 6.07) is 0. The topological polar surface area (TPSA) is 86.7 Å². The number of carbonyl (C=O) groups is 4. The van der Waals surface area contributed by atoms with Crippen molar-refractivity contribution in [2.24, 2.45) is 0 Å². The highest BCUT2D eigenvalue weighted by Crippen LogP contribution is 2.25. The standard InChI is InChI=1S/C15H12O6/c16-11-4-2-1-3-5-12(17)8-14(18)20-9-13-10(6-11)7-15(19)21-13/h1-3,5-6,9H,4,7-8H2/b2-1-,5-3-,10-6-,13-9+. The van der Waals surface area contributed by atoms with Crippen molar-refractivity contribution in [3.63, 3.8) is 0 Å². The molecule has 6 heteroatoms. The van der Waals surface area contributed by atoms with E-state index in [9.17, 15) is 19.2 Å². The van der Waals surface area contributed by atoms with Crippen LogP contribution in [0.3, 0.4) is 0 Å². The normalized spacial score (nSPS) is 28.2. The van der Waals surface area contributed by atoms with Gasteiger partial charge in [-0.1, -0.05) is 18.2 Å². The first-order valence-corrected chi connectivity index (χ1v) is 6.25. The van der Waals surface area contributed by atoms with Gasteiger partial charge in [-0.2, -0.15) is 0 Å². The maximum atomic E-state index is 11.7. The molecule has 2 rings (SSSR count). The quantitative estimate of drug-likeness (QED) is 0.493. The van der Waals surface area contributed by atoms with Gasteiger partial charge >= 0.3 is 11.9 Å². The summed E-state index contributed by atoms with van der Waals surface area (Å²) in [5.74, 6) is -1.94. The average Bonchev–Trinajstić information content (AvgIpc) is 2.75. The summed E-state index contributed by atoms with van der Waals surface area (Å²) in [6.45, 7) is 0. The first kappa shape index (κ1) is 14.6. The van der Waals surface area contributed by atoms with Gasteiger partial charge in [0.1, 0.15) is 12.7 Å². The maximum absolute atomic E-state index is 11.7. The van der Waals surface area contributed by atoms with E-state index < -0.39 is 24.1 Å². The maximum Gasteiger partial charge on any atom is 0.318 e. The SMILES string of the molecule is O=C1/C=C2/CC(=O)O/C2=C/OC(=O)CC(=O)/C=C\C=C/C1. The van der Waals surface area contributed by atoms with Gasteiger partial charge in [0.25, 0.3) is 0 Å². The number of allylic oxidation sites excluding steroid dienone is 6. The van der Waals surface area contributed by atoms with Gasteiger partial charge in [-0.15, -0.1) is 0 Å². The fourth-order valence-corrected chi connectivity index (χ4v) is 1.73. The Balaban J connectivity index is 2.27. The molecule has 108 valence electrons. The summed E-state index contributed by atoms with van der Waals surface area (Å²) in [6.07, 6.45) is 7.68. The fraction of sp³-hybridized carbons (Fsp3) is 0.200. The minimum absolute atomic E-state index is 0.0192. The van der Waals surface area contributed by atoms with Gasteiger partial charge in [0.15, 0.2) is 17.3 Å². The number of carbonyl (C=O) groups excluding carboxylic acids is 4. The van der Waals surface area contributed by atoms with Crippen LogP contribution in [0.2, 0.25) is 0 Å². The largest absolute Gasteiger partial charge is 0.430 e. The molecule has 0 unspecified atom stereocenters. The van der Waals surface area contributed by atoms with Gasteiger partial charge in [-0.3, -0.25) is 19.2 Å². The molecule has 0 aliphatic carbocycles. The minimum Gasteiger partial charge on any atom is -0.430 e. The highest BCUT2D eigenvalue weighted by molar-refractivity contribution is 6.02. The summed E-state index contributed by atoms with van der Waals surface area (Å²) >= 11 is 0. The number of hydrogen-bond acceptors (Lipinski definition) is 6. The molecule has 0 spiro atoms. The number of ketones is 2. The van der Waals surface area contributed by atoms with Gasteiger partial charge in [0, 0.05) is 12.0 Å². The Hall–Kier alpha value is -2.76. The molecule has 0 bridgehead atoms.